The maximum Gasteiger partial charge on any atom is 0.417 e. The van der Waals surface area contributed by atoms with Gasteiger partial charge in [-0.05, 0) is 13.0 Å². The summed E-state index contributed by atoms with van der Waals surface area (Å²) < 4.78 is 42.6. The standard InChI is InChI=1S/C12H14ClF3N4O/c1-7-5-19-11(20-7)17-2-3-21-10-9(13)4-8(6-18-10)12(14,15)16/h4,6-7H,2-3,5H2,1H3,(H2,17,19,20). The highest BCUT2D eigenvalue weighted by molar-refractivity contribution is 6.31. The van der Waals surface area contributed by atoms with Crippen molar-refractivity contribution in [2.75, 3.05) is 19.7 Å². The Morgan fingerprint density at radius 2 is 2.29 bits per heavy atom. The van der Waals surface area contributed by atoms with Crippen molar-refractivity contribution < 1.29 is 17.9 Å². The van der Waals surface area contributed by atoms with Crippen molar-refractivity contribution in [2.45, 2.75) is 19.1 Å². The molecule has 0 radical (unpaired) electrons. The molecule has 1 aromatic heterocycles. The first kappa shape index (κ1) is 15.7. The number of pyridine rings is 1. The molecule has 5 nitrogen and oxygen atoms in total. The van der Waals surface area contributed by atoms with Crippen LogP contribution in [-0.4, -0.2) is 36.7 Å². The average Bonchev–Trinajstić information content (AvgIpc) is 2.80. The number of hydrogen-bond acceptors (Lipinski definition) is 5. The summed E-state index contributed by atoms with van der Waals surface area (Å²) in [6, 6.07) is 1.08. The normalized spacial score (nSPS) is 18.1. The fourth-order valence-electron chi connectivity index (χ4n) is 1.66. The molecular weight excluding hydrogens is 309 g/mol. The molecular formula is C12H14ClF3N4O. The first-order valence-electron chi connectivity index (χ1n) is 6.26. The molecule has 0 amide bonds. The zero-order valence-electron chi connectivity index (χ0n) is 11.2. The lowest BCUT2D eigenvalue weighted by Gasteiger charge is -2.11. The molecule has 1 aromatic rings. The summed E-state index contributed by atoms with van der Waals surface area (Å²) >= 11 is 5.72. The van der Waals surface area contributed by atoms with Gasteiger partial charge in [-0.25, -0.2) is 4.98 Å². The molecule has 0 saturated carbocycles. The lowest BCUT2D eigenvalue weighted by atomic mass is 10.3. The van der Waals surface area contributed by atoms with Crippen LogP contribution in [0.25, 0.3) is 0 Å². The average molecular weight is 323 g/mol. The van der Waals surface area contributed by atoms with Crippen LogP contribution in [-0.2, 0) is 6.18 Å². The van der Waals surface area contributed by atoms with Gasteiger partial charge in [0, 0.05) is 12.2 Å². The van der Waals surface area contributed by atoms with Gasteiger partial charge >= 0.3 is 6.18 Å². The Bertz CT molecular complexity index is 536. The molecule has 0 fully saturated rings. The Morgan fingerprint density at radius 1 is 1.52 bits per heavy atom. The van der Waals surface area contributed by atoms with Gasteiger partial charge in [-0.3, -0.25) is 4.99 Å². The Hall–Kier alpha value is -1.70. The molecule has 1 aliphatic heterocycles. The summed E-state index contributed by atoms with van der Waals surface area (Å²) in [5.74, 6) is 0.652. The second-order valence-electron chi connectivity index (χ2n) is 4.52. The van der Waals surface area contributed by atoms with Crippen molar-refractivity contribution in [1.29, 1.82) is 0 Å². The van der Waals surface area contributed by atoms with Gasteiger partial charge < -0.3 is 15.4 Å². The highest BCUT2D eigenvalue weighted by atomic mass is 35.5. The van der Waals surface area contributed by atoms with Gasteiger partial charge in [0.25, 0.3) is 0 Å². The van der Waals surface area contributed by atoms with Gasteiger partial charge in [-0.2, -0.15) is 13.2 Å². The number of nitrogens with one attached hydrogen (secondary N) is 2. The van der Waals surface area contributed by atoms with Crippen LogP contribution in [0, 0.1) is 0 Å². The third-order valence-electron chi connectivity index (χ3n) is 2.67. The van der Waals surface area contributed by atoms with Crippen LogP contribution < -0.4 is 15.4 Å². The van der Waals surface area contributed by atoms with E-state index in [1.54, 1.807) is 0 Å². The van der Waals surface area contributed by atoms with Crippen molar-refractivity contribution in [3.05, 3.63) is 22.8 Å². The number of ether oxygens (including phenoxy) is 1. The molecule has 0 aliphatic carbocycles. The van der Waals surface area contributed by atoms with E-state index < -0.39 is 11.7 Å². The molecule has 2 N–H and O–H groups in total. The number of nitrogens with zero attached hydrogens (tertiary/aromatic N) is 2. The van der Waals surface area contributed by atoms with Crippen LogP contribution in [0.5, 0.6) is 5.88 Å². The van der Waals surface area contributed by atoms with Gasteiger partial charge in [0.2, 0.25) is 5.88 Å². The largest absolute Gasteiger partial charge is 0.475 e. The lowest BCUT2D eigenvalue weighted by Crippen LogP contribution is -2.39. The molecule has 0 aromatic carbocycles. The topological polar surface area (TPSA) is 58.5 Å². The summed E-state index contributed by atoms with van der Waals surface area (Å²) in [4.78, 5) is 7.77. The van der Waals surface area contributed by atoms with E-state index in [1.807, 2.05) is 6.92 Å². The minimum absolute atomic E-state index is 0.0267. The second-order valence-corrected chi connectivity index (χ2v) is 4.93. The molecule has 9 heteroatoms. The molecule has 0 bridgehead atoms. The Kier molecular flexibility index (Phi) is 4.76. The monoisotopic (exact) mass is 322 g/mol. The highest BCUT2D eigenvalue weighted by Crippen LogP contribution is 2.32. The maximum absolute atomic E-state index is 12.4. The number of alkyl halides is 3. The molecule has 0 saturated heterocycles. The second kappa shape index (κ2) is 6.38. The van der Waals surface area contributed by atoms with Crippen LogP contribution in [0.1, 0.15) is 12.5 Å². The van der Waals surface area contributed by atoms with E-state index >= 15 is 0 Å². The minimum atomic E-state index is -4.47. The Morgan fingerprint density at radius 3 is 2.86 bits per heavy atom. The highest BCUT2D eigenvalue weighted by Gasteiger charge is 2.31. The van der Waals surface area contributed by atoms with Crippen molar-refractivity contribution in [2.24, 2.45) is 4.99 Å². The fraction of sp³-hybridized carbons (Fsp3) is 0.500. The van der Waals surface area contributed by atoms with Crippen LogP contribution in [0.4, 0.5) is 13.2 Å². The third-order valence-corrected chi connectivity index (χ3v) is 2.95. The maximum atomic E-state index is 12.4. The number of rotatable bonds is 4. The molecule has 1 aliphatic rings. The fourth-order valence-corrected chi connectivity index (χ4v) is 1.88. The zero-order valence-corrected chi connectivity index (χ0v) is 11.9. The van der Waals surface area contributed by atoms with E-state index in [9.17, 15) is 13.2 Å². The molecule has 21 heavy (non-hydrogen) atoms. The van der Waals surface area contributed by atoms with Gasteiger partial charge in [0.05, 0.1) is 18.7 Å². The van der Waals surface area contributed by atoms with Crippen LogP contribution in [0.3, 0.4) is 0 Å². The molecule has 2 rings (SSSR count). The quantitative estimate of drug-likeness (QED) is 0.833. The van der Waals surface area contributed by atoms with E-state index in [-0.39, 0.29) is 17.5 Å². The predicted molar refractivity (Wildman–Crippen MR) is 72.6 cm³/mol. The molecule has 1 atom stereocenters. The number of aromatic nitrogens is 1. The predicted octanol–water partition coefficient (Wildman–Crippen LogP) is 2.07. The smallest absolute Gasteiger partial charge is 0.417 e. The summed E-state index contributed by atoms with van der Waals surface area (Å²) in [6.45, 7) is 3.33. The first-order chi connectivity index (χ1) is 9.86. The van der Waals surface area contributed by atoms with Gasteiger partial charge in [0.15, 0.2) is 5.96 Å². The van der Waals surface area contributed by atoms with E-state index in [0.29, 0.717) is 31.3 Å². The molecule has 116 valence electrons. The SMILES string of the molecule is CC1CN=C(NCCOc2ncc(C(F)(F)F)cc2Cl)N1. The van der Waals surface area contributed by atoms with Gasteiger partial charge in [0.1, 0.15) is 11.6 Å². The third kappa shape index (κ3) is 4.38. The molecule has 1 unspecified atom stereocenters. The van der Waals surface area contributed by atoms with Crippen molar-refractivity contribution in [1.82, 2.24) is 15.6 Å². The minimum Gasteiger partial charge on any atom is -0.475 e. The van der Waals surface area contributed by atoms with E-state index in [0.717, 1.165) is 6.07 Å². The molecule has 0 spiro atoms. The molecule has 2 heterocycles. The number of hydrogen-bond donors (Lipinski definition) is 2. The Labute approximate surface area is 124 Å². The first-order valence-corrected chi connectivity index (χ1v) is 6.64. The van der Waals surface area contributed by atoms with E-state index in [2.05, 4.69) is 20.6 Å². The Balaban J connectivity index is 1.81. The summed E-state index contributed by atoms with van der Waals surface area (Å²) in [7, 11) is 0. The van der Waals surface area contributed by atoms with E-state index in [4.69, 9.17) is 16.3 Å². The van der Waals surface area contributed by atoms with Gasteiger partial charge in [-0.15, -0.1) is 0 Å². The zero-order chi connectivity index (χ0) is 15.5. The van der Waals surface area contributed by atoms with Crippen molar-refractivity contribution in [3.63, 3.8) is 0 Å². The number of halogens is 4. The van der Waals surface area contributed by atoms with Crippen LogP contribution in [0.15, 0.2) is 17.3 Å². The van der Waals surface area contributed by atoms with Crippen LogP contribution >= 0.6 is 11.6 Å². The number of aliphatic imine (C=N–C) groups is 1. The van der Waals surface area contributed by atoms with Crippen molar-refractivity contribution >= 4 is 17.6 Å². The lowest BCUT2D eigenvalue weighted by molar-refractivity contribution is -0.137. The summed E-state index contributed by atoms with van der Waals surface area (Å²) in [5, 5.41) is 5.93. The van der Waals surface area contributed by atoms with E-state index in [1.165, 1.54) is 0 Å². The number of guanidine groups is 1. The van der Waals surface area contributed by atoms with Crippen molar-refractivity contribution in [3.8, 4) is 5.88 Å². The summed E-state index contributed by atoms with van der Waals surface area (Å²) in [6.07, 6.45) is -3.78. The van der Waals surface area contributed by atoms with Gasteiger partial charge in [-0.1, -0.05) is 11.6 Å². The van der Waals surface area contributed by atoms with Crippen LogP contribution in [0.2, 0.25) is 5.02 Å². The summed E-state index contributed by atoms with van der Waals surface area (Å²) in [5.41, 5.74) is -0.906.